The van der Waals surface area contributed by atoms with Gasteiger partial charge in [0.25, 0.3) is 0 Å². The Hall–Kier alpha value is -1.30. The maximum Gasteiger partial charge on any atom is 0.142 e. The lowest BCUT2D eigenvalue weighted by molar-refractivity contribution is 0.00882. The Morgan fingerprint density at radius 1 is 0.486 bits per heavy atom. The average Bonchev–Trinajstić information content (AvgIpc) is 2.87. The predicted octanol–water partition coefficient (Wildman–Crippen LogP) is 7.96. The van der Waals surface area contributed by atoms with Crippen LogP contribution in [-0.4, -0.2) is 46.2 Å². The molecular formula is C30H55NO4. The van der Waals surface area contributed by atoms with E-state index >= 15 is 0 Å². The second-order valence-electron chi connectivity index (χ2n) is 9.53. The van der Waals surface area contributed by atoms with Crippen LogP contribution < -0.4 is 10.5 Å². The molecule has 0 aliphatic rings. The van der Waals surface area contributed by atoms with Crippen molar-refractivity contribution in [3.8, 4) is 5.75 Å². The molecule has 204 valence electrons. The van der Waals surface area contributed by atoms with Gasteiger partial charge in [-0.25, -0.2) is 0 Å². The third-order valence-corrected chi connectivity index (χ3v) is 6.29. The van der Waals surface area contributed by atoms with Gasteiger partial charge >= 0.3 is 0 Å². The number of benzene rings is 1. The molecule has 35 heavy (non-hydrogen) atoms. The molecular weight excluding hydrogens is 438 g/mol. The van der Waals surface area contributed by atoms with Gasteiger partial charge in [-0.1, -0.05) is 115 Å². The number of anilines is 1. The highest BCUT2D eigenvalue weighted by atomic mass is 16.6. The normalized spacial score (nSPS) is 11.2. The summed E-state index contributed by atoms with van der Waals surface area (Å²) in [6.07, 6.45) is 22.3. The highest BCUT2D eigenvalue weighted by molar-refractivity contribution is 5.51. The van der Waals surface area contributed by atoms with Gasteiger partial charge in [-0.05, 0) is 18.6 Å². The fraction of sp³-hybridized carbons (Fsp3) is 0.800. The molecule has 0 aliphatic carbocycles. The minimum Gasteiger partial charge on any atom is -0.489 e. The second-order valence-corrected chi connectivity index (χ2v) is 9.53. The zero-order valence-corrected chi connectivity index (χ0v) is 22.8. The molecule has 1 aromatic rings. The summed E-state index contributed by atoms with van der Waals surface area (Å²) in [4.78, 5) is 0. The van der Waals surface area contributed by atoms with Gasteiger partial charge in [-0.2, -0.15) is 0 Å². The topological polar surface area (TPSA) is 62.9 Å². The molecule has 1 aromatic carbocycles. The Kier molecular flexibility index (Phi) is 23.4. The van der Waals surface area contributed by atoms with Crippen molar-refractivity contribution in [2.75, 3.05) is 52.0 Å². The van der Waals surface area contributed by atoms with E-state index in [0.29, 0.717) is 51.1 Å². The second kappa shape index (κ2) is 25.8. The van der Waals surface area contributed by atoms with Crippen molar-refractivity contribution in [2.45, 2.75) is 110 Å². The molecule has 0 aromatic heterocycles. The van der Waals surface area contributed by atoms with Crippen LogP contribution in [0.3, 0.4) is 0 Å². The van der Waals surface area contributed by atoms with Crippen molar-refractivity contribution < 1.29 is 18.9 Å². The van der Waals surface area contributed by atoms with Crippen LogP contribution in [0.25, 0.3) is 0 Å². The SMILES string of the molecule is CCCCCCCCCCCCCCCCCCOCCOCCOCCOc1ccccc1N. The molecule has 0 amide bonds. The summed E-state index contributed by atoms with van der Waals surface area (Å²) >= 11 is 0. The number of hydrogen-bond acceptors (Lipinski definition) is 5. The maximum atomic E-state index is 5.83. The van der Waals surface area contributed by atoms with Gasteiger partial charge in [0.2, 0.25) is 0 Å². The zero-order valence-electron chi connectivity index (χ0n) is 22.8. The summed E-state index contributed by atoms with van der Waals surface area (Å²) in [5.41, 5.74) is 6.48. The van der Waals surface area contributed by atoms with Crippen molar-refractivity contribution in [2.24, 2.45) is 0 Å². The summed E-state index contributed by atoms with van der Waals surface area (Å²) in [5, 5.41) is 0. The number of nitrogen functional groups attached to an aromatic ring is 1. The van der Waals surface area contributed by atoms with Gasteiger partial charge in [0, 0.05) is 6.61 Å². The molecule has 0 bridgehead atoms. The average molecular weight is 494 g/mol. The Bertz CT molecular complexity index is 555. The summed E-state index contributed by atoms with van der Waals surface area (Å²) in [7, 11) is 0. The predicted molar refractivity (Wildman–Crippen MR) is 148 cm³/mol. The Balaban J connectivity index is 1.66. The third-order valence-electron chi connectivity index (χ3n) is 6.29. The first kappa shape index (κ1) is 31.7. The number of ether oxygens (including phenoxy) is 4. The van der Waals surface area contributed by atoms with Crippen LogP contribution in [0.2, 0.25) is 0 Å². The largest absolute Gasteiger partial charge is 0.489 e. The summed E-state index contributed by atoms with van der Waals surface area (Å²) in [5.74, 6) is 0.703. The minimum absolute atomic E-state index is 0.483. The highest BCUT2D eigenvalue weighted by Gasteiger charge is 1.98. The van der Waals surface area contributed by atoms with Gasteiger partial charge in [0.15, 0.2) is 0 Å². The molecule has 0 fully saturated rings. The monoisotopic (exact) mass is 493 g/mol. The van der Waals surface area contributed by atoms with Crippen LogP contribution in [0.15, 0.2) is 24.3 Å². The van der Waals surface area contributed by atoms with Crippen molar-refractivity contribution in [3.05, 3.63) is 24.3 Å². The van der Waals surface area contributed by atoms with Crippen LogP contribution in [0.1, 0.15) is 110 Å². The van der Waals surface area contributed by atoms with Crippen molar-refractivity contribution >= 4 is 5.69 Å². The van der Waals surface area contributed by atoms with Gasteiger partial charge < -0.3 is 24.7 Å². The van der Waals surface area contributed by atoms with Crippen LogP contribution in [-0.2, 0) is 14.2 Å². The van der Waals surface area contributed by atoms with E-state index < -0.39 is 0 Å². The fourth-order valence-electron chi connectivity index (χ4n) is 4.12. The molecule has 5 heteroatoms. The molecule has 0 saturated carbocycles. The smallest absolute Gasteiger partial charge is 0.142 e. The summed E-state index contributed by atoms with van der Waals surface area (Å²) in [6.45, 7) is 6.57. The number of unbranched alkanes of at least 4 members (excludes halogenated alkanes) is 15. The summed E-state index contributed by atoms with van der Waals surface area (Å²) in [6, 6.07) is 7.48. The van der Waals surface area contributed by atoms with Crippen molar-refractivity contribution in [3.63, 3.8) is 0 Å². The molecule has 0 saturated heterocycles. The van der Waals surface area contributed by atoms with E-state index in [1.807, 2.05) is 24.3 Å². The van der Waals surface area contributed by atoms with E-state index in [9.17, 15) is 0 Å². The number of para-hydroxylation sites is 2. The van der Waals surface area contributed by atoms with E-state index in [1.165, 1.54) is 96.3 Å². The van der Waals surface area contributed by atoms with E-state index in [2.05, 4.69) is 6.92 Å². The van der Waals surface area contributed by atoms with Crippen molar-refractivity contribution in [1.82, 2.24) is 0 Å². The number of hydrogen-bond donors (Lipinski definition) is 1. The standard InChI is InChI=1S/C30H55NO4/c1-2-3-4-5-6-7-8-9-10-11-12-13-14-15-16-19-22-32-23-24-33-25-26-34-27-28-35-30-21-18-17-20-29(30)31/h17-18,20-21H,2-16,19,22-28,31H2,1H3. The summed E-state index contributed by atoms with van der Waals surface area (Å²) < 4.78 is 22.3. The zero-order chi connectivity index (χ0) is 25.1. The first-order valence-electron chi connectivity index (χ1n) is 14.5. The van der Waals surface area contributed by atoms with Crippen LogP contribution in [0.5, 0.6) is 5.75 Å². The molecule has 0 atom stereocenters. The molecule has 5 nitrogen and oxygen atoms in total. The Labute approximate surface area is 216 Å². The number of rotatable bonds is 27. The minimum atomic E-state index is 0.483. The van der Waals surface area contributed by atoms with Crippen molar-refractivity contribution in [1.29, 1.82) is 0 Å². The van der Waals surface area contributed by atoms with Gasteiger partial charge in [-0.3, -0.25) is 0 Å². The van der Waals surface area contributed by atoms with E-state index in [4.69, 9.17) is 24.7 Å². The van der Waals surface area contributed by atoms with E-state index in [-0.39, 0.29) is 0 Å². The van der Waals surface area contributed by atoms with E-state index in [1.54, 1.807) is 0 Å². The lowest BCUT2D eigenvalue weighted by Gasteiger charge is -2.09. The first-order chi connectivity index (χ1) is 17.3. The van der Waals surface area contributed by atoms with Crippen LogP contribution in [0, 0.1) is 0 Å². The molecule has 1 rings (SSSR count). The molecule has 0 radical (unpaired) electrons. The molecule has 0 heterocycles. The van der Waals surface area contributed by atoms with Gasteiger partial charge in [0.1, 0.15) is 12.4 Å². The molecule has 0 spiro atoms. The van der Waals surface area contributed by atoms with Crippen LogP contribution >= 0.6 is 0 Å². The van der Waals surface area contributed by atoms with Gasteiger partial charge in [0.05, 0.1) is 38.7 Å². The quantitative estimate of drug-likeness (QED) is 0.0994. The third kappa shape index (κ3) is 21.7. The molecule has 2 N–H and O–H groups in total. The van der Waals surface area contributed by atoms with E-state index in [0.717, 1.165) is 13.0 Å². The fourth-order valence-corrected chi connectivity index (χ4v) is 4.12. The van der Waals surface area contributed by atoms with Crippen LogP contribution in [0.4, 0.5) is 5.69 Å². The highest BCUT2D eigenvalue weighted by Crippen LogP contribution is 2.19. The molecule has 0 unspecified atom stereocenters. The Morgan fingerprint density at radius 3 is 1.37 bits per heavy atom. The molecule has 0 aliphatic heterocycles. The lowest BCUT2D eigenvalue weighted by atomic mass is 10.0. The van der Waals surface area contributed by atoms with Gasteiger partial charge in [-0.15, -0.1) is 0 Å². The first-order valence-corrected chi connectivity index (χ1v) is 14.5. The Morgan fingerprint density at radius 2 is 0.886 bits per heavy atom. The number of nitrogens with two attached hydrogens (primary N) is 1. The lowest BCUT2D eigenvalue weighted by Crippen LogP contribution is -2.13. The maximum absolute atomic E-state index is 5.83.